The Bertz CT molecular complexity index is 1290. The molecule has 0 heterocycles. The Morgan fingerprint density at radius 2 is 1.71 bits per heavy atom. The molecule has 2 aromatic rings. The zero-order chi connectivity index (χ0) is 33.0. The summed E-state index contributed by atoms with van der Waals surface area (Å²) in [5.41, 5.74) is 8.68. The van der Waals surface area contributed by atoms with Gasteiger partial charge in [-0.1, -0.05) is 60.5 Å². The van der Waals surface area contributed by atoms with Crippen molar-refractivity contribution in [2.45, 2.75) is 57.8 Å². The number of ketones is 1. The quantitative estimate of drug-likeness (QED) is 0.0456. The van der Waals surface area contributed by atoms with E-state index in [2.05, 4.69) is 41.5 Å². The third-order valence-electron chi connectivity index (χ3n) is 8.13. The maximum atomic E-state index is 12.0. The van der Waals surface area contributed by atoms with Crippen molar-refractivity contribution in [2.75, 3.05) is 20.2 Å². The molecule has 1 atom stereocenters. The number of nitrogens with zero attached hydrogens (tertiary/aromatic N) is 2. The van der Waals surface area contributed by atoms with Crippen molar-refractivity contribution in [2.24, 2.45) is 33.8 Å². The van der Waals surface area contributed by atoms with Gasteiger partial charge in [0.05, 0.1) is 0 Å². The summed E-state index contributed by atoms with van der Waals surface area (Å²) in [7, 11) is 1.77. The van der Waals surface area contributed by atoms with Crippen molar-refractivity contribution in [1.82, 2.24) is 4.90 Å². The van der Waals surface area contributed by atoms with Gasteiger partial charge in [0.15, 0.2) is 0 Å². The summed E-state index contributed by atoms with van der Waals surface area (Å²) in [5.74, 6) is 2.73. The van der Waals surface area contributed by atoms with Gasteiger partial charge in [-0.3, -0.25) is 19.5 Å². The predicted octanol–water partition coefficient (Wildman–Crippen LogP) is 5.94. The van der Waals surface area contributed by atoms with Gasteiger partial charge in [0.25, 0.3) is 0 Å². The Morgan fingerprint density at radius 1 is 1.07 bits per heavy atom. The molecule has 5 rings (SSSR count). The van der Waals surface area contributed by atoms with Crippen molar-refractivity contribution in [3.63, 3.8) is 0 Å². The zero-order valence-corrected chi connectivity index (χ0v) is 27.1. The van der Waals surface area contributed by atoms with Crippen molar-refractivity contribution >= 4 is 37.1 Å². The van der Waals surface area contributed by atoms with Gasteiger partial charge in [-0.25, -0.2) is 0 Å². The molecule has 0 aliphatic heterocycles. The molecule has 0 aromatic heterocycles. The number of rotatable bonds is 13. The van der Waals surface area contributed by atoms with Crippen molar-refractivity contribution in [3.05, 3.63) is 78.4 Å². The zero-order valence-electron chi connectivity index (χ0n) is 26.2. The fourth-order valence-corrected chi connectivity index (χ4v) is 5.81. The number of allylic oxidation sites excluding steroid dienone is 2. The summed E-state index contributed by atoms with van der Waals surface area (Å²) in [6.45, 7) is 5.01. The first-order chi connectivity index (χ1) is 22.0. The molecule has 0 bridgehead atoms. The number of primary amides is 1. The van der Waals surface area contributed by atoms with Gasteiger partial charge in [-0.05, 0) is 80.2 Å². The number of thiol groups is 1. The topological polar surface area (TPSA) is 148 Å². The second-order valence-corrected chi connectivity index (χ2v) is 11.2. The molecule has 10 heteroatoms. The Morgan fingerprint density at radius 3 is 2.31 bits per heavy atom. The summed E-state index contributed by atoms with van der Waals surface area (Å²) in [5, 5.41) is 17.1. The minimum Gasteiger partial charge on any atom is -0.490 e. The molecule has 1 unspecified atom stereocenters. The fraction of sp³-hybridized carbons (Fsp3) is 0.429. The third kappa shape index (κ3) is 11.5. The lowest BCUT2D eigenvalue weighted by atomic mass is 9.83. The van der Waals surface area contributed by atoms with Gasteiger partial charge in [0.2, 0.25) is 12.8 Å². The van der Waals surface area contributed by atoms with Crippen LogP contribution >= 0.6 is 12.8 Å². The van der Waals surface area contributed by atoms with Gasteiger partial charge < -0.3 is 20.6 Å². The van der Waals surface area contributed by atoms with Crippen LogP contribution in [0.25, 0.3) is 11.1 Å². The molecule has 0 spiro atoms. The Hall–Kier alpha value is -3.89. The Balaban J connectivity index is 0.000000311. The number of nitrogens with two attached hydrogens (primary N) is 2. The molecule has 244 valence electrons. The van der Waals surface area contributed by atoms with Crippen LogP contribution in [0.5, 0.6) is 5.75 Å². The molecule has 0 radical (unpaired) electrons. The van der Waals surface area contributed by atoms with Crippen LogP contribution in [-0.2, 0) is 14.4 Å². The molecule has 3 aliphatic carbocycles. The number of fused-ring (bicyclic) bond motifs is 3. The number of ether oxygens (including phenoxy) is 1. The van der Waals surface area contributed by atoms with Crippen molar-refractivity contribution < 1.29 is 24.3 Å². The van der Waals surface area contributed by atoms with Crippen LogP contribution in [0.4, 0.5) is 0 Å². The van der Waals surface area contributed by atoms with E-state index >= 15 is 0 Å². The summed E-state index contributed by atoms with van der Waals surface area (Å²) in [6.07, 6.45) is 17.3. The molecule has 2 aromatic carbocycles. The van der Waals surface area contributed by atoms with Gasteiger partial charge in [-0.2, -0.15) is 0 Å². The molecule has 45 heavy (non-hydrogen) atoms. The largest absolute Gasteiger partial charge is 0.490 e. The molecule has 0 saturated heterocycles. The minimum absolute atomic E-state index is 0.250. The lowest BCUT2D eigenvalue weighted by molar-refractivity contribution is -0.125. The van der Waals surface area contributed by atoms with Crippen LogP contribution in [-0.4, -0.2) is 54.6 Å². The van der Waals surface area contributed by atoms with E-state index in [1.807, 2.05) is 54.6 Å². The number of benzene rings is 2. The first-order valence-electron chi connectivity index (χ1n) is 15.4. The highest BCUT2D eigenvalue weighted by Gasteiger charge is 2.38. The Kier molecular flexibility index (Phi) is 17.4. The van der Waals surface area contributed by atoms with Crippen LogP contribution in [0.3, 0.4) is 0 Å². The van der Waals surface area contributed by atoms with E-state index in [1.165, 1.54) is 25.7 Å². The molecule has 2 amide bonds. The van der Waals surface area contributed by atoms with E-state index in [-0.39, 0.29) is 6.41 Å². The number of Topliss-reactive ketones (excluding diaryl/α,β-unsaturated/α-hetero) is 1. The summed E-state index contributed by atoms with van der Waals surface area (Å²) < 4.78 is 5.78. The number of oxime groups is 1. The number of carbonyl (C=O) groups excluding carboxylic acids is 3. The number of hydrogen-bond donors (Lipinski definition) is 4. The van der Waals surface area contributed by atoms with E-state index in [1.54, 1.807) is 11.9 Å². The van der Waals surface area contributed by atoms with E-state index in [9.17, 15) is 14.8 Å². The van der Waals surface area contributed by atoms with Crippen molar-refractivity contribution in [3.8, 4) is 16.9 Å². The fourth-order valence-electron chi connectivity index (χ4n) is 5.81. The number of amides is 2. The standard InChI is InChI=1S/C21H22N2O3.C13H20O.CH3NO.H3NS/c1-23(15-24)12-6-2-3-7-13-26-16-10-11-18-17-8-4-5-9-19(17)21(22-25)20(18)14-16;1-2-5-12(10-6-3-4-7-10)13(14)11-8-9-11;2-1-3;1-2/h3-5,7-11,14-15,25H,2,6,12-13H2,1H3;2,10-12H,1,3-9H2;1H,(H2,2,3);2H,1H2/b7-3+,22-21+;;;. The summed E-state index contributed by atoms with van der Waals surface area (Å²) >= 11 is 3.03. The van der Waals surface area contributed by atoms with E-state index < -0.39 is 0 Å². The normalized spacial score (nSPS) is 16.0. The lowest BCUT2D eigenvalue weighted by Gasteiger charge is -2.20. The Labute approximate surface area is 272 Å². The van der Waals surface area contributed by atoms with Crippen LogP contribution in [0.1, 0.15) is 68.9 Å². The minimum atomic E-state index is 0.250. The molecular formula is C35H48N4O5S. The highest BCUT2D eigenvalue weighted by atomic mass is 32.1. The van der Waals surface area contributed by atoms with Gasteiger partial charge in [0.1, 0.15) is 23.9 Å². The molecule has 2 saturated carbocycles. The number of hydrogen-bond acceptors (Lipinski definition) is 8. The molecule has 2 fully saturated rings. The first kappa shape index (κ1) is 37.3. The van der Waals surface area contributed by atoms with Crippen LogP contribution in [0, 0.1) is 17.8 Å². The predicted molar refractivity (Wildman–Crippen MR) is 183 cm³/mol. The SMILES string of the molecule is C=CCC(C(=O)C1CC1)C1CCCC1.CN(C=O)CCC/C=C/COc1ccc2c(c1)/C(=N/O)c1ccccc1-2.NC=O.NS. The second kappa shape index (κ2) is 21.0. The van der Waals surface area contributed by atoms with Gasteiger partial charge >= 0.3 is 0 Å². The molecule has 5 N–H and O–H groups in total. The number of unbranched alkanes of at least 4 members (excludes halogenated alkanes) is 1. The summed E-state index contributed by atoms with van der Waals surface area (Å²) in [4.78, 5) is 32.7. The van der Waals surface area contributed by atoms with Gasteiger partial charge in [-0.15, -0.1) is 19.4 Å². The van der Waals surface area contributed by atoms with Crippen LogP contribution in [0.2, 0.25) is 0 Å². The number of carbonyl (C=O) groups is 3. The third-order valence-corrected chi connectivity index (χ3v) is 8.13. The average Bonchev–Trinajstić information content (AvgIpc) is 3.69. The lowest BCUT2D eigenvalue weighted by Crippen LogP contribution is -2.23. The van der Waals surface area contributed by atoms with Gasteiger partial charge in [0, 0.05) is 36.6 Å². The van der Waals surface area contributed by atoms with E-state index in [4.69, 9.17) is 9.53 Å². The van der Waals surface area contributed by atoms with Crippen LogP contribution in [0.15, 0.2) is 72.4 Å². The maximum Gasteiger partial charge on any atom is 0.209 e. The highest BCUT2D eigenvalue weighted by molar-refractivity contribution is 7.77. The maximum absolute atomic E-state index is 12.0. The monoisotopic (exact) mass is 636 g/mol. The van der Waals surface area contributed by atoms with E-state index in [0.717, 1.165) is 73.1 Å². The van der Waals surface area contributed by atoms with Crippen LogP contribution < -0.4 is 15.6 Å². The second-order valence-electron chi connectivity index (χ2n) is 11.2. The molecule has 3 aliphatic rings. The smallest absolute Gasteiger partial charge is 0.209 e. The molecular weight excluding hydrogens is 588 g/mol. The molecule has 9 nitrogen and oxygen atoms in total. The highest BCUT2D eigenvalue weighted by Crippen LogP contribution is 2.41. The van der Waals surface area contributed by atoms with E-state index in [0.29, 0.717) is 35.9 Å². The first-order valence-corrected chi connectivity index (χ1v) is 16.0. The van der Waals surface area contributed by atoms with Crippen molar-refractivity contribution in [1.29, 1.82) is 0 Å². The summed E-state index contributed by atoms with van der Waals surface area (Å²) in [6, 6.07) is 13.7. The average molecular weight is 637 g/mol.